The van der Waals surface area contributed by atoms with Crippen LogP contribution < -0.4 is 5.32 Å². The molecule has 2 aliphatic rings. The molecule has 1 saturated carbocycles. The van der Waals surface area contributed by atoms with Gasteiger partial charge in [-0.15, -0.1) is 12.4 Å². The van der Waals surface area contributed by atoms with E-state index in [1.165, 1.54) is 6.42 Å². The summed E-state index contributed by atoms with van der Waals surface area (Å²) in [7, 11) is 1.59. The van der Waals surface area contributed by atoms with E-state index >= 15 is 0 Å². The minimum Gasteiger partial charge on any atom is -0.466 e. The molecule has 1 amide bonds. The zero-order valence-corrected chi connectivity index (χ0v) is 11.1. The third-order valence-electron chi connectivity index (χ3n) is 3.70. The number of ether oxygens (including phenoxy) is 1. The van der Waals surface area contributed by atoms with Crippen LogP contribution in [0, 0.1) is 5.41 Å². The van der Waals surface area contributed by atoms with Crippen molar-refractivity contribution in [3.05, 3.63) is 11.1 Å². The van der Waals surface area contributed by atoms with Gasteiger partial charge in [-0.25, -0.2) is 0 Å². The van der Waals surface area contributed by atoms with Crippen molar-refractivity contribution in [2.24, 2.45) is 0 Å². The van der Waals surface area contributed by atoms with Crippen LogP contribution in [0.3, 0.4) is 0 Å². The first-order chi connectivity index (χ1) is 7.60. The van der Waals surface area contributed by atoms with E-state index in [1.807, 2.05) is 6.92 Å². The lowest BCUT2D eigenvalue weighted by Crippen LogP contribution is -2.33. The number of nitrogens with one attached hydrogen (secondary N) is 2. The average molecular weight is 259 g/mol. The Kier molecular flexibility index (Phi) is 4.20. The number of hydrogen-bond acceptors (Lipinski definition) is 3. The lowest BCUT2D eigenvalue weighted by atomic mass is 9.79. The Hall–Kier alpha value is -1.03. The molecular weight excluding hydrogens is 240 g/mol. The van der Waals surface area contributed by atoms with E-state index in [2.05, 4.69) is 5.32 Å². The second-order valence-corrected chi connectivity index (χ2v) is 4.57. The molecule has 1 spiro atoms. The first-order valence-corrected chi connectivity index (χ1v) is 5.82. The molecule has 0 bridgehead atoms. The molecule has 0 saturated heterocycles. The van der Waals surface area contributed by atoms with Gasteiger partial charge in [0.2, 0.25) is 5.90 Å². The predicted molar refractivity (Wildman–Crippen MR) is 68.6 cm³/mol. The van der Waals surface area contributed by atoms with E-state index in [-0.39, 0.29) is 29.8 Å². The quantitative estimate of drug-likeness (QED) is 0.757. The van der Waals surface area contributed by atoms with E-state index in [1.54, 1.807) is 7.05 Å². The summed E-state index contributed by atoms with van der Waals surface area (Å²) >= 11 is 0. The van der Waals surface area contributed by atoms with Gasteiger partial charge in [-0.3, -0.25) is 10.2 Å². The van der Waals surface area contributed by atoms with Crippen molar-refractivity contribution >= 4 is 24.2 Å². The van der Waals surface area contributed by atoms with E-state index in [0.29, 0.717) is 5.57 Å². The van der Waals surface area contributed by atoms with Crippen molar-refractivity contribution in [2.75, 3.05) is 7.05 Å². The van der Waals surface area contributed by atoms with Crippen LogP contribution in [0.5, 0.6) is 0 Å². The highest BCUT2D eigenvalue weighted by atomic mass is 35.5. The van der Waals surface area contributed by atoms with E-state index in [9.17, 15) is 4.79 Å². The molecule has 0 aromatic carbocycles. The summed E-state index contributed by atoms with van der Waals surface area (Å²) in [4.78, 5) is 11.7. The normalized spacial score (nSPS) is 22.1. The first kappa shape index (κ1) is 14.0. The van der Waals surface area contributed by atoms with Gasteiger partial charge in [0.05, 0.1) is 0 Å². The summed E-state index contributed by atoms with van der Waals surface area (Å²) in [5, 5.41) is 10.4. The Morgan fingerprint density at radius 1 is 1.35 bits per heavy atom. The number of carbonyl (C=O) groups is 1. The Morgan fingerprint density at radius 2 is 1.94 bits per heavy atom. The smallest absolute Gasteiger partial charge is 0.256 e. The maximum Gasteiger partial charge on any atom is 0.256 e. The second kappa shape index (κ2) is 5.08. The van der Waals surface area contributed by atoms with Crippen molar-refractivity contribution in [3.8, 4) is 0 Å². The molecule has 1 heterocycles. The second-order valence-electron chi connectivity index (χ2n) is 4.57. The molecule has 0 atom stereocenters. The van der Waals surface area contributed by atoms with Crippen LogP contribution in [-0.2, 0) is 9.53 Å². The largest absolute Gasteiger partial charge is 0.466 e. The van der Waals surface area contributed by atoms with E-state index in [0.717, 1.165) is 31.3 Å². The summed E-state index contributed by atoms with van der Waals surface area (Å²) in [6.45, 7) is 1.93. The van der Waals surface area contributed by atoms with Crippen LogP contribution in [0.25, 0.3) is 0 Å². The van der Waals surface area contributed by atoms with Gasteiger partial charge in [0, 0.05) is 7.05 Å². The molecule has 1 aliphatic carbocycles. The fourth-order valence-electron chi connectivity index (χ4n) is 2.72. The summed E-state index contributed by atoms with van der Waals surface area (Å²) in [5.74, 6) is -0.163. The molecular formula is C12H19ClN2O2. The molecule has 1 fully saturated rings. The highest BCUT2D eigenvalue weighted by Crippen LogP contribution is 2.43. The number of carbonyl (C=O) groups excluding carboxylic acids is 1. The zero-order valence-electron chi connectivity index (χ0n) is 10.3. The lowest BCUT2D eigenvalue weighted by molar-refractivity contribution is -0.116. The fourth-order valence-corrected chi connectivity index (χ4v) is 2.72. The highest BCUT2D eigenvalue weighted by molar-refractivity contribution is 6.19. The summed E-state index contributed by atoms with van der Waals surface area (Å²) in [5.41, 5.74) is 1.03. The lowest BCUT2D eigenvalue weighted by Gasteiger charge is -2.33. The van der Waals surface area contributed by atoms with E-state index < -0.39 is 0 Å². The maximum absolute atomic E-state index is 11.7. The predicted octanol–water partition coefficient (Wildman–Crippen LogP) is 2.18. The summed E-state index contributed by atoms with van der Waals surface area (Å²) in [6, 6.07) is 0. The average Bonchev–Trinajstić information content (AvgIpc) is 2.51. The number of rotatable bonds is 1. The van der Waals surface area contributed by atoms with Gasteiger partial charge in [-0.05, 0) is 38.2 Å². The van der Waals surface area contributed by atoms with Crippen LogP contribution in [0.4, 0.5) is 0 Å². The molecule has 0 radical (unpaired) electrons. The fraction of sp³-hybridized carbons (Fsp3) is 0.667. The van der Waals surface area contributed by atoms with E-state index in [4.69, 9.17) is 10.1 Å². The molecule has 0 aromatic rings. The highest BCUT2D eigenvalue weighted by Gasteiger charge is 2.45. The van der Waals surface area contributed by atoms with Crippen molar-refractivity contribution < 1.29 is 9.53 Å². The molecule has 0 unspecified atom stereocenters. The molecule has 96 valence electrons. The molecule has 17 heavy (non-hydrogen) atoms. The molecule has 0 aromatic heterocycles. The topological polar surface area (TPSA) is 62.2 Å². The number of hydrogen-bond donors (Lipinski definition) is 2. The number of amides is 1. The third kappa shape index (κ3) is 2.18. The SMILES string of the molecule is CNC(=O)C1=C(C)C2(CCCCC2)OC1=N.Cl. The van der Waals surface area contributed by atoms with Gasteiger partial charge < -0.3 is 10.1 Å². The number of halogens is 1. The Bertz CT molecular complexity index is 371. The minimum absolute atomic E-state index is 0. The van der Waals surface area contributed by atoms with Crippen LogP contribution in [0.2, 0.25) is 0 Å². The van der Waals surface area contributed by atoms with Gasteiger partial charge in [-0.1, -0.05) is 6.42 Å². The van der Waals surface area contributed by atoms with Gasteiger partial charge >= 0.3 is 0 Å². The minimum atomic E-state index is -0.350. The Morgan fingerprint density at radius 3 is 2.47 bits per heavy atom. The van der Waals surface area contributed by atoms with Crippen LogP contribution in [0.1, 0.15) is 39.0 Å². The summed E-state index contributed by atoms with van der Waals surface area (Å²) in [6.07, 6.45) is 5.32. The maximum atomic E-state index is 11.7. The molecule has 4 nitrogen and oxygen atoms in total. The standard InChI is InChI=1S/C12H18N2O2.ClH/c1-8-9(11(15)14-2)10(13)16-12(8)6-4-3-5-7-12;/h13H,3-7H2,1-2H3,(H,14,15);1H. The van der Waals surface area contributed by atoms with Gasteiger partial charge in [0.25, 0.3) is 5.91 Å². The van der Waals surface area contributed by atoms with Crippen molar-refractivity contribution in [2.45, 2.75) is 44.6 Å². The third-order valence-corrected chi connectivity index (χ3v) is 3.70. The van der Waals surface area contributed by atoms with Crippen LogP contribution >= 0.6 is 12.4 Å². The number of likely N-dealkylation sites (N-methyl/N-ethyl adjacent to an activating group) is 1. The summed E-state index contributed by atoms with van der Waals surface area (Å²) < 4.78 is 5.69. The zero-order chi connectivity index (χ0) is 11.8. The molecule has 1 aliphatic heterocycles. The first-order valence-electron chi connectivity index (χ1n) is 5.82. The van der Waals surface area contributed by atoms with Crippen LogP contribution in [0.15, 0.2) is 11.1 Å². The Balaban J connectivity index is 0.00000144. The molecule has 2 rings (SSSR count). The van der Waals surface area contributed by atoms with Crippen LogP contribution in [-0.4, -0.2) is 24.5 Å². The van der Waals surface area contributed by atoms with Gasteiger partial charge in [0.1, 0.15) is 11.2 Å². The van der Waals surface area contributed by atoms with Crippen molar-refractivity contribution in [3.63, 3.8) is 0 Å². The van der Waals surface area contributed by atoms with Gasteiger partial charge in [0.15, 0.2) is 0 Å². The van der Waals surface area contributed by atoms with Crippen molar-refractivity contribution in [1.82, 2.24) is 5.32 Å². The monoisotopic (exact) mass is 258 g/mol. The molecule has 5 heteroatoms. The molecule has 2 N–H and O–H groups in total. The Labute approximate surface area is 108 Å². The van der Waals surface area contributed by atoms with Gasteiger partial charge in [-0.2, -0.15) is 0 Å². The van der Waals surface area contributed by atoms with Crippen molar-refractivity contribution in [1.29, 1.82) is 5.41 Å².